The average molecular weight is 238 g/mol. The Morgan fingerprint density at radius 2 is 1.67 bits per heavy atom. The summed E-state index contributed by atoms with van der Waals surface area (Å²) in [5.74, 6) is 0. The summed E-state index contributed by atoms with van der Waals surface area (Å²) in [5.41, 5.74) is 1.29. The second-order valence-electron chi connectivity index (χ2n) is 3.38. The second-order valence-corrected chi connectivity index (χ2v) is 6.14. The number of hydrogen-bond donors (Lipinski definition) is 0. The summed E-state index contributed by atoms with van der Waals surface area (Å²) in [7, 11) is -2.17. The predicted molar refractivity (Wildman–Crippen MR) is 74.3 cm³/mol. The van der Waals surface area contributed by atoms with Gasteiger partial charge in [0.05, 0.1) is 6.61 Å². The van der Waals surface area contributed by atoms with E-state index in [2.05, 4.69) is 20.4 Å². The van der Waals surface area contributed by atoms with Crippen LogP contribution >= 0.6 is 7.37 Å². The fourth-order valence-electron chi connectivity index (χ4n) is 0.738. The summed E-state index contributed by atoms with van der Waals surface area (Å²) in [6.45, 7) is 13.6. The lowest BCUT2D eigenvalue weighted by atomic mass is 10.2. The fourth-order valence-corrected chi connectivity index (χ4v) is 1.36. The molecule has 0 aliphatic heterocycles. The highest BCUT2D eigenvalue weighted by molar-refractivity contribution is 7.57. The molecule has 15 heavy (non-hydrogen) atoms. The van der Waals surface area contributed by atoms with Crippen LogP contribution in [-0.2, 0) is 9.09 Å². The third kappa shape index (κ3) is 41.3. The third-order valence-electron chi connectivity index (χ3n) is 1.12. The molecule has 2 nitrogen and oxygen atoms in total. The van der Waals surface area contributed by atoms with Crippen LogP contribution in [0.4, 0.5) is 0 Å². The van der Waals surface area contributed by atoms with Crippen molar-refractivity contribution < 1.29 is 9.09 Å². The van der Waals surface area contributed by atoms with Gasteiger partial charge in [-0.2, -0.15) is 0 Å². The first kappa shape index (κ1) is 24.3. The van der Waals surface area contributed by atoms with Crippen molar-refractivity contribution in [2.24, 2.45) is 0 Å². The Morgan fingerprint density at radius 3 is 1.67 bits per heavy atom. The molecular formula is C12H31O2P. The molecule has 0 aromatic heterocycles. The molecule has 0 heterocycles. The van der Waals surface area contributed by atoms with Gasteiger partial charge in [-0.1, -0.05) is 33.8 Å². The molecule has 0 amide bonds. The molecule has 0 atom stereocenters. The average Bonchev–Trinajstić information content (AvgIpc) is 1.84. The molecule has 0 fully saturated rings. The van der Waals surface area contributed by atoms with E-state index < -0.39 is 7.37 Å². The molecule has 0 aromatic carbocycles. The SMILES string of the molecule is C.C.C=C(C)CCC.CCOP(C)(C)=O. The molecule has 96 valence electrons. The smallest absolute Gasteiger partial charge is 0.197 e. The molecule has 0 N–H and O–H groups in total. The number of rotatable bonds is 4. The predicted octanol–water partition coefficient (Wildman–Crippen LogP) is 5.20. The summed E-state index contributed by atoms with van der Waals surface area (Å²) in [4.78, 5) is 0. The van der Waals surface area contributed by atoms with Crippen LogP contribution in [0.5, 0.6) is 0 Å². The maximum absolute atomic E-state index is 10.6. The van der Waals surface area contributed by atoms with Crippen LogP contribution in [0.1, 0.15) is 48.5 Å². The van der Waals surface area contributed by atoms with Crippen molar-refractivity contribution in [1.82, 2.24) is 0 Å². The Morgan fingerprint density at radius 1 is 1.27 bits per heavy atom. The van der Waals surface area contributed by atoms with Crippen molar-refractivity contribution in [1.29, 1.82) is 0 Å². The van der Waals surface area contributed by atoms with Crippen LogP contribution in [0.3, 0.4) is 0 Å². The molecule has 0 spiro atoms. The zero-order valence-electron chi connectivity index (χ0n) is 9.59. The topological polar surface area (TPSA) is 26.3 Å². The minimum atomic E-state index is -2.17. The fraction of sp³-hybridized carbons (Fsp3) is 0.833. The number of hydrogen-bond acceptors (Lipinski definition) is 2. The van der Waals surface area contributed by atoms with E-state index in [-0.39, 0.29) is 14.9 Å². The third-order valence-corrected chi connectivity index (χ3v) is 2.00. The van der Waals surface area contributed by atoms with Gasteiger partial charge in [-0.15, -0.1) is 6.58 Å². The van der Waals surface area contributed by atoms with Crippen LogP contribution in [-0.4, -0.2) is 19.9 Å². The van der Waals surface area contributed by atoms with Crippen molar-refractivity contribution >= 4 is 7.37 Å². The zero-order chi connectivity index (χ0) is 10.9. The first-order valence-electron chi connectivity index (χ1n) is 4.67. The maximum Gasteiger partial charge on any atom is 0.197 e. The van der Waals surface area contributed by atoms with E-state index in [1.807, 2.05) is 6.92 Å². The van der Waals surface area contributed by atoms with Gasteiger partial charge in [0.15, 0.2) is 7.37 Å². The lowest BCUT2D eigenvalue weighted by molar-refractivity contribution is 0.341. The van der Waals surface area contributed by atoms with Gasteiger partial charge in [0.1, 0.15) is 0 Å². The van der Waals surface area contributed by atoms with Crippen LogP contribution in [0.2, 0.25) is 0 Å². The Labute approximate surface area is 97.6 Å². The van der Waals surface area contributed by atoms with E-state index in [4.69, 9.17) is 4.52 Å². The highest BCUT2D eigenvalue weighted by Gasteiger charge is 2.02. The van der Waals surface area contributed by atoms with Gasteiger partial charge >= 0.3 is 0 Å². The highest BCUT2D eigenvalue weighted by atomic mass is 31.2. The summed E-state index contributed by atoms with van der Waals surface area (Å²) in [6.07, 6.45) is 2.41. The molecule has 0 aliphatic carbocycles. The Balaban J connectivity index is -0.0000000718. The van der Waals surface area contributed by atoms with E-state index in [1.54, 1.807) is 13.3 Å². The highest BCUT2D eigenvalue weighted by Crippen LogP contribution is 2.36. The summed E-state index contributed by atoms with van der Waals surface area (Å²) in [6, 6.07) is 0. The van der Waals surface area contributed by atoms with Gasteiger partial charge in [-0.05, 0) is 20.3 Å². The lowest BCUT2D eigenvalue weighted by Crippen LogP contribution is -1.82. The van der Waals surface area contributed by atoms with Crippen molar-refractivity contribution in [3.8, 4) is 0 Å². The van der Waals surface area contributed by atoms with Crippen LogP contribution in [0.15, 0.2) is 12.2 Å². The first-order chi connectivity index (χ1) is 5.83. The maximum atomic E-state index is 10.6. The lowest BCUT2D eigenvalue weighted by Gasteiger charge is -2.02. The first-order valence-corrected chi connectivity index (χ1v) is 7.19. The van der Waals surface area contributed by atoms with Gasteiger partial charge in [0, 0.05) is 13.3 Å². The molecular weight excluding hydrogens is 207 g/mol. The molecule has 0 rings (SSSR count). The largest absolute Gasteiger partial charge is 0.329 e. The Kier molecular flexibility index (Phi) is 22.5. The van der Waals surface area contributed by atoms with Crippen LogP contribution < -0.4 is 0 Å². The van der Waals surface area contributed by atoms with Gasteiger partial charge in [-0.3, -0.25) is 4.57 Å². The second kappa shape index (κ2) is 13.9. The Bertz CT molecular complexity index is 170. The van der Waals surface area contributed by atoms with Crippen molar-refractivity contribution in [2.75, 3.05) is 19.9 Å². The molecule has 3 heteroatoms. The molecule has 0 bridgehead atoms. The number of allylic oxidation sites excluding steroid dienone is 1. The van der Waals surface area contributed by atoms with Crippen LogP contribution in [0, 0.1) is 0 Å². The summed E-state index contributed by atoms with van der Waals surface area (Å²) >= 11 is 0. The van der Waals surface area contributed by atoms with Gasteiger partial charge < -0.3 is 4.52 Å². The van der Waals surface area contributed by atoms with Gasteiger partial charge in [0.2, 0.25) is 0 Å². The standard InChI is InChI=1S/C6H12.C4H11O2P.2CH4/c1-4-5-6(2)3;1-4-6-7(2,3)5;;/h2,4-5H2,1,3H3;4H2,1-3H3;2*1H4. The van der Waals surface area contributed by atoms with E-state index in [0.717, 1.165) is 0 Å². The molecule has 0 radical (unpaired) electrons. The normalized spacial score (nSPS) is 8.87. The minimum Gasteiger partial charge on any atom is -0.329 e. The zero-order valence-corrected chi connectivity index (χ0v) is 10.5. The quantitative estimate of drug-likeness (QED) is 0.497. The molecule has 0 aliphatic rings. The minimum absolute atomic E-state index is 0. The summed E-state index contributed by atoms with van der Waals surface area (Å²) in [5, 5.41) is 0. The van der Waals surface area contributed by atoms with Crippen molar-refractivity contribution in [3.05, 3.63) is 12.2 Å². The molecule has 0 aromatic rings. The van der Waals surface area contributed by atoms with Crippen LogP contribution in [0.25, 0.3) is 0 Å². The summed E-state index contributed by atoms with van der Waals surface area (Å²) < 4.78 is 15.4. The Hall–Kier alpha value is -0.0700. The van der Waals surface area contributed by atoms with Crippen molar-refractivity contribution in [3.63, 3.8) is 0 Å². The van der Waals surface area contributed by atoms with Gasteiger partial charge in [-0.25, -0.2) is 0 Å². The molecule has 0 saturated heterocycles. The van der Waals surface area contributed by atoms with E-state index in [0.29, 0.717) is 6.61 Å². The molecule has 0 saturated carbocycles. The molecule has 0 unspecified atom stereocenters. The van der Waals surface area contributed by atoms with E-state index in [1.165, 1.54) is 18.4 Å². The van der Waals surface area contributed by atoms with Crippen molar-refractivity contribution in [2.45, 2.75) is 48.5 Å². The monoisotopic (exact) mass is 238 g/mol. The van der Waals surface area contributed by atoms with E-state index >= 15 is 0 Å². The van der Waals surface area contributed by atoms with E-state index in [9.17, 15) is 4.57 Å². The van der Waals surface area contributed by atoms with Gasteiger partial charge in [0.25, 0.3) is 0 Å².